The summed E-state index contributed by atoms with van der Waals surface area (Å²) < 4.78 is 23.5. The Kier molecular flexibility index (Phi) is 3.35. The Labute approximate surface area is 106 Å². The monoisotopic (exact) mass is 273 g/mol. The number of rotatable bonds is 3. The van der Waals surface area contributed by atoms with E-state index in [4.69, 9.17) is 26.6 Å². The molecule has 8 heteroatoms. The fraction of sp³-hybridized carbons (Fsp3) is 0.200. The van der Waals surface area contributed by atoms with E-state index in [9.17, 15) is 9.50 Å². The van der Waals surface area contributed by atoms with Gasteiger partial charge in [0.25, 0.3) is 0 Å². The molecule has 0 fully saturated rings. The van der Waals surface area contributed by atoms with Crippen molar-refractivity contribution in [2.24, 2.45) is 5.73 Å². The van der Waals surface area contributed by atoms with Gasteiger partial charge in [-0.15, -0.1) is 0 Å². The van der Waals surface area contributed by atoms with Gasteiger partial charge >= 0.3 is 0 Å². The third-order valence-corrected chi connectivity index (χ3v) is 2.52. The normalized spacial score (nSPS) is 10.7. The van der Waals surface area contributed by atoms with Gasteiger partial charge in [0.15, 0.2) is 17.3 Å². The molecule has 0 amide bonds. The Morgan fingerprint density at radius 3 is 2.89 bits per heavy atom. The second-order valence-corrected chi connectivity index (χ2v) is 3.72. The molecule has 96 valence electrons. The Balaban J connectivity index is 2.65. The minimum absolute atomic E-state index is 0.00703. The van der Waals surface area contributed by atoms with Gasteiger partial charge < -0.3 is 20.1 Å². The molecule has 0 saturated carbocycles. The average Bonchev–Trinajstić information content (AvgIpc) is 2.82. The average molecular weight is 274 g/mol. The molecule has 1 aromatic heterocycles. The summed E-state index contributed by atoms with van der Waals surface area (Å²) in [6.07, 6.45) is 0. The molecule has 3 N–H and O–H groups in total. The molecule has 0 unspecified atom stereocenters. The smallest absolute Gasteiger partial charge is 0.240 e. The summed E-state index contributed by atoms with van der Waals surface area (Å²) in [5.41, 5.74) is 5.01. The van der Waals surface area contributed by atoms with Crippen molar-refractivity contribution in [2.45, 2.75) is 6.54 Å². The first-order valence-electron chi connectivity index (χ1n) is 4.86. The van der Waals surface area contributed by atoms with Crippen molar-refractivity contribution in [1.29, 1.82) is 0 Å². The van der Waals surface area contributed by atoms with Gasteiger partial charge in [0.2, 0.25) is 11.7 Å². The Morgan fingerprint density at radius 1 is 1.61 bits per heavy atom. The van der Waals surface area contributed by atoms with Gasteiger partial charge in [-0.2, -0.15) is 4.98 Å². The summed E-state index contributed by atoms with van der Waals surface area (Å²) in [6.45, 7) is 0.00703. The molecule has 6 nitrogen and oxygen atoms in total. The number of methoxy groups -OCH3 is 1. The van der Waals surface area contributed by atoms with Crippen molar-refractivity contribution < 1.29 is 18.8 Å². The van der Waals surface area contributed by atoms with Crippen molar-refractivity contribution in [1.82, 2.24) is 10.1 Å². The van der Waals surface area contributed by atoms with E-state index >= 15 is 0 Å². The number of phenolic OH excluding ortho intramolecular Hbond substituents is 1. The maximum atomic E-state index is 13.9. The molecular formula is C10H9ClFN3O3. The summed E-state index contributed by atoms with van der Waals surface area (Å²) >= 11 is 5.68. The number of benzene rings is 1. The van der Waals surface area contributed by atoms with Crippen molar-refractivity contribution in [3.63, 3.8) is 0 Å². The van der Waals surface area contributed by atoms with Gasteiger partial charge in [-0.1, -0.05) is 16.8 Å². The molecule has 0 aliphatic rings. The highest BCUT2D eigenvalue weighted by molar-refractivity contribution is 6.31. The second-order valence-electron chi connectivity index (χ2n) is 3.31. The molecule has 0 atom stereocenters. The van der Waals surface area contributed by atoms with Crippen LogP contribution in [0.3, 0.4) is 0 Å². The number of halogens is 2. The lowest BCUT2D eigenvalue weighted by Crippen LogP contribution is -1.97. The highest BCUT2D eigenvalue weighted by atomic mass is 35.5. The van der Waals surface area contributed by atoms with E-state index in [1.54, 1.807) is 0 Å². The second kappa shape index (κ2) is 4.79. The van der Waals surface area contributed by atoms with E-state index < -0.39 is 11.6 Å². The number of hydrogen-bond donors (Lipinski definition) is 2. The zero-order valence-corrected chi connectivity index (χ0v) is 10.0. The number of nitrogens with zero attached hydrogens (tertiary/aromatic N) is 2. The van der Waals surface area contributed by atoms with Gasteiger partial charge in [0, 0.05) is 6.07 Å². The van der Waals surface area contributed by atoms with E-state index in [0.717, 1.165) is 6.07 Å². The number of nitrogens with two attached hydrogens (primary N) is 1. The molecule has 0 spiro atoms. The van der Waals surface area contributed by atoms with Gasteiger partial charge in [-0.25, -0.2) is 4.39 Å². The fourth-order valence-corrected chi connectivity index (χ4v) is 1.59. The third kappa shape index (κ3) is 1.98. The minimum atomic E-state index is -0.862. The molecule has 2 rings (SSSR count). The maximum Gasteiger partial charge on any atom is 0.240 e. The third-order valence-electron chi connectivity index (χ3n) is 2.24. The van der Waals surface area contributed by atoms with Crippen LogP contribution >= 0.6 is 11.6 Å². The lowest BCUT2D eigenvalue weighted by molar-refractivity contribution is 0.369. The fourth-order valence-electron chi connectivity index (χ4n) is 1.39. The highest BCUT2D eigenvalue weighted by Crippen LogP contribution is 2.41. The summed E-state index contributed by atoms with van der Waals surface area (Å²) in [5, 5.41) is 13.1. The largest absolute Gasteiger partial charge is 0.504 e. The van der Waals surface area contributed by atoms with Crippen LogP contribution in [0.15, 0.2) is 10.6 Å². The minimum Gasteiger partial charge on any atom is -0.504 e. The molecular weight excluding hydrogens is 265 g/mol. The van der Waals surface area contributed by atoms with Crippen LogP contribution in [0.1, 0.15) is 5.89 Å². The Hall–Kier alpha value is -1.86. The molecule has 2 aromatic rings. The zero-order chi connectivity index (χ0) is 13.3. The predicted molar refractivity (Wildman–Crippen MR) is 60.8 cm³/mol. The van der Waals surface area contributed by atoms with Crippen LogP contribution in [-0.4, -0.2) is 22.4 Å². The van der Waals surface area contributed by atoms with Crippen molar-refractivity contribution in [3.05, 3.63) is 22.8 Å². The van der Waals surface area contributed by atoms with Crippen LogP contribution in [0, 0.1) is 5.82 Å². The van der Waals surface area contributed by atoms with E-state index in [0.29, 0.717) is 0 Å². The molecule has 0 saturated heterocycles. The van der Waals surface area contributed by atoms with E-state index in [2.05, 4.69) is 10.1 Å². The van der Waals surface area contributed by atoms with Gasteiger partial charge in [-0.3, -0.25) is 0 Å². The number of aromatic nitrogens is 2. The molecule has 0 aliphatic heterocycles. The van der Waals surface area contributed by atoms with Gasteiger partial charge in [0.1, 0.15) is 5.56 Å². The molecule has 18 heavy (non-hydrogen) atoms. The van der Waals surface area contributed by atoms with Crippen molar-refractivity contribution in [3.8, 4) is 22.9 Å². The molecule has 1 heterocycles. The quantitative estimate of drug-likeness (QED) is 0.884. The SMILES string of the molecule is COc1cc(Cl)c(F)c(-c2noc(CN)n2)c1O. The van der Waals surface area contributed by atoms with Crippen LogP contribution < -0.4 is 10.5 Å². The summed E-state index contributed by atoms with van der Waals surface area (Å²) in [6, 6.07) is 1.15. The predicted octanol–water partition coefficient (Wildman–Crippen LogP) is 1.70. The van der Waals surface area contributed by atoms with Gasteiger partial charge in [0.05, 0.1) is 18.7 Å². The number of phenols is 1. The van der Waals surface area contributed by atoms with E-state index in [1.165, 1.54) is 7.11 Å². The first-order valence-corrected chi connectivity index (χ1v) is 5.24. The molecule has 1 aromatic carbocycles. The first-order chi connectivity index (χ1) is 8.58. The van der Waals surface area contributed by atoms with Crippen LogP contribution in [0.2, 0.25) is 5.02 Å². The van der Waals surface area contributed by atoms with Gasteiger partial charge in [-0.05, 0) is 0 Å². The Bertz CT molecular complexity index is 588. The highest BCUT2D eigenvalue weighted by Gasteiger charge is 2.23. The van der Waals surface area contributed by atoms with Crippen molar-refractivity contribution >= 4 is 11.6 Å². The van der Waals surface area contributed by atoms with E-state index in [-0.39, 0.29) is 34.6 Å². The number of ether oxygens (including phenoxy) is 1. The zero-order valence-electron chi connectivity index (χ0n) is 9.28. The van der Waals surface area contributed by atoms with E-state index in [1.807, 2.05) is 0 Å². The van der Waals surface area contributed by atoms with Crippen LogP contribution in [0.4, 0.5) is 4.39 Å². The maximum absolute atomic E-state index is 13.9. The Morgan fingerprint density at radius 2 is 2.33 bits per heavy atom. The lowest BCUT2D eigenvalue weighted by atomic mass is 10.1. The van der Waals surface area contributed by atoms with Crippen LogP contribution in [-0.2, 0) is 6.54 Å². The summed E-state index contributed by atoms with van der Waals surface area (Å²) in [5.74, 6) is -1.34. The molecule has 0 bridgehead atoms. The standard InChI is InChI=1S/C10H9ClFN3O3/c1-17-5-2-4(11)8(12)7(9(5)16)10-14-6(3-13)18-15-10/h2,16H,3,13H2,1H3. The molecule has 0 radical (unpaired) electrons. The molecule has 0 aliphatic carbocycles. The number of aromatic hydroxyl groups is 1. The van der Waals surface area contributed by atoms with Crippen molar-refractivity contribution in [2.75, 3.05) is 7.11 Å². The van der Waals surface area contributed by atoms with Crippen LogP contribution in [0.25, 0.3) is 11.4 Å². The summed E-state index contributed by atoms with van der Waals surface area (Å²) in [7, 11) is 1.31. The van der Waals surface area contributed by atoms with Crippen LogP contribution in [0.5, 0.6) is 11.5 Å². The topological polar surface area (TPSA) is 94.4 Å². The number of hydrogen-bond acceptors (Lipinski definition) is 6. The lowest BCUT2D eigenvalue weighted by Gasteiger charge is -2.08. The first kappa shape index (κ1) is 12.6. The summed E-state index contributed by atoms with van der Waals surface area (Å²) in [4.78, 5) is 3.82.